The van der Waals surface area contributed by atoms with Gasteiger partial charge in [-0.05, 0) is 25.5 Å². The van der Waals surface area contributed by atoms with Gasteiger partial charge in [0.05, 0.1) is 0 Å². The van der Waals surface area contributed by atoms with Crippen molar-refractivity contribution >= 4 is 0 Å². The molecule has 0 saturated carbocycles. The smallest absolute Gasteiger partial charge is 0.127 e. The Kier molecular flexibility index (Phi) is 2.32. The second-order valence-electron chi connectivity index (χ2n) is 3.49. The maximum absolute atomic E-state index is 13.4. The van der Waals surface area contributed by atoms with Gasteiger partial charge in [0.1, 0.15) is 5.82 Å². The van der Waals surface area contributed by atoms with Crippen LogP contribution in [-0.4, -0.2) is 11.4 Å². The van der Waals surface area contributed by atoms with E-state index in [4.69, 9.17) is 0 Å². The van der Waals surface area contributed by atoms with Crippen molar-refractivity contribution in [1.29, 1.82) is 0 Å². The minimum atomic E-state index is -0.108. The molecule has 0 amide bonds. The molecular formula is C11H13FN-. The van der Waals surface area contributed by atoms with E-state index in [2.05, 4.69) is 7.05 Å². The van der Waals surface area contributed by atoms with Gasteiger partial charge in [-0.1, -0.05) is 18.2 Å². The van der Waals surface area contributed by atoms with Gasteiger partial charge in [-0.2, -0.15) is 0 Å². The van der Waals surface area contributed by atoms with Crippen LogP contribution in [-0.2, 0) is 0 Å². The number of likely N-dealkylation sites (tertiary alicyclic amines) is 1. The van der Waals surface area contributed by atoms with E-state index in [1.54, 1.807) is 6.07 Å². The van der Waals surface area contributed by atoms with E-state index in [1.807, 2.05) is 17.0 Å². The molecule has 1 nitrogen and oxygen atoms in total. The van der Waals surface area contributed by atoms with Gasteiger partial charge in [0.15, 0.2) is 0 Å². The maximum atomic E-state index is 13.4. The van der Waals surface area contributed by atoms with E-state index in [0.717, 1.165) is 24.9 Å². The molecule has 70 valence electrons. The molecule has 0 aromatic heterocycles. The Morgan fingerprint density at radius 1 is 1.38 bits per heavy atom. The highest BCUT2D eigenvalue weighted by Crippen LogP contribution is 2.31. The van der Waals surface area contributed by atoms with E-state index in [1.165, 1.54) is 6.07 Å². The predicted octanol–water partition coefficient (Wildman–Crippen LogP) is 2.75. The van der Waals surface area contributed by atoms with Gasteiger partial charge in [-0.3, -0.25) is 7.05 Å². The van der Waals surface area contributed by atoms with Crippen LogP contribution < -0.4 is 0 Å². The second-order valence-corrected chi connectivity index (χ2v) is 3.49. The zero-order chi connectivity index (χ0) is 9.26. The van der Waals surface area contributed by atoms with E-state index in [0.29, 0.717) is 0 Å². The van der Waals surface area contributed by atoms with Gasteiger partial charge in [0.25, 0.3) is 0 Å². The summed E-state index contributed by atoms with van der Waals surface area (Å²) in [6.07, 6.45) is 2.13. The standard InChI is InChI=1S/C11H13FN/c1-13-8-4-7-11(13)9-5-2-3-6-10(9)12/h2-3,5-6,11H,1,4,7-8H2/q-1. The molecule has 1 aliphatic heterocycles. The molecule has 13 heavy (non-hydrogen) atoms. The van der Waals surface area contributed by atoms with E-state index in [9.17, 15) is 4.39 Å². The number of nitrogens with zero attached hydrogens (tertiary/aromatic N) is 1. The Labute approximate surface area is 78.2 Å². The van der Waals surface area contributed by atoms with Gasteiger partial charge in [0, 0.05) is 11.6 Å². The van der Waals surface area contributed by atoms with Crippen molar-refractivity contribution in [3.8, 4) is 0 Å². The zero-order valence-corrected chi connectivity index (χ0v) is 7.54. The molecule has 1 fully saturated rings. The lowest BCUT2D eigenvalue weighted by Gasteiger charge is -2.27. The highest BCUT2D eigenvalue weighted by atomic mass is 19.1. The Hall–Kier alpha value is -0.890. The Morgan fingerprint density at radius 2 is 2.15 bits per heavy atom. The SMILES string of the molecule is [CH2-]N1CCCC1c1ccccc1F. The third-order valence-electron chi connectivity index (χ3n) is 2.63. The van der Waals surface area contributed by atoms with Crippen molar-refractivity contribution in [2.45, 2.75) is 18.9 Å². The van der Waals surface area contributed by atoms with Crippen LogP contribution in [0.1, 0.15) is 24.4 Å². The molecule has 1 atom stereocenters. The Morgan fingerprint density at radius 3 is 2.77 bits per heavy atom. The molecular weight excluding hydrogens is 165 g/mol. The average Bonchev–Trinajstić information content (AvgIpc) is 2.52. The number of hydrogen-bond donors (Lipinski definition) is 0. The molecule has 0 radical (unpaired) electrons. The third-order valence-corrected chi connectivity index (χ3v) is 2.63. The van der Waals surface area contributed by atoms with Gasteiger partial charge < -0.3 is 4.90 Å². The Balaban J connectivity index is 2.29. The monoisotopic (exact) mass is 178 g/mol. The first-order chi connectivity index (χ1) is 6.29. The van der Waals surface area contributed by atoms with Crippen LogP contribution in [0.25, 0.3) is 0 Å². The van der Waals surface area contributed by atoms with Crippen LogP contribution in [0.15, 0.2) is 24.3 Å². The topological polar surface area (TPSA) is 3.24 Å². The summed E-state index contributed by atoms with van der Waals surface area (Å²) in [4.78, 5) is 1.97. The minimum absolute atomic E-state index is 0.108. The van der Waals surface area contributed by atoms with Gasteiger partial charge >= 0.3 is 0 Å². The summed E-state index contributed by atoms with van der Waals surface area (Å²) in [5, 5.41) is 0. The summed E-state index contributed by atoms with van der Waals surface area (Å²) in [5.74, 6) is -0.108. The van der Waals surface area contributed by atoms with Crippen molar-refractivity contribution in [1.82, 2.24) is 4.90 Å². The molecule has 0 aliphatic carbocycles. The third kappa shape index (κ3) is 1.59. The van der Waals surface area contributed by atoms with E-state index < -0.39 is 0 Å². The first-order valence-corrected chi connectivity index (χ1v) is 4.60. The van der Waals surface area contributed by atoms with Crippen molar-refractivity contribution in [2.75, 3.05) is 6.54 Å². The Bertz CT molecular complexity index is 298. The van der Waals surface area contributed by atoms with Crippen LogP contribution in [0.3, 0.4) is 0 Å². The number of hydrogen-bond acceptors (Lipinski definition) is 1. The maximum Gasteiger partial charge on any atom is 0.127 e. The number of rotatable bonds is 1. The fourth-order valence-electron chi connectivity index (χ4n) is 1.92. The van der Waals surface area contributed by atoms with Gasteiger partial charge in [-0.25, -0.2) is 4.39 Å². The summed E-state index contributed by atoms with van der Waals surface area (Å²) in [6.45, 7) is 0.971. The lowest BCUT2D eigenvalue weighted by molar-refractivity contribution is 0.343. The lowest BCUT2D eigenvalue weighted by atomic mass is 10.0. The molecule has 2 rings (SSSR count). The van der Waals surface area contributed by atoms with Crippen LogP contribution in [0.2, 0.25) is 0 Å². The lowest BCUT2D eigenvalue weighted by Crippen LogP contribution is -2.16. The molecule has 0 bridgehead atoms. The number of halogens is 1. The fraction of sp³-hybridized carbons (Fsp3) is 0.364. The average molecular weight is 178 g/mol. The molecule has 1 saturated heterocycles. The van der Waals surface area contributed by atoms with Crippen LogP contribution in [0.5, 0.6) is 0 Å². The first-order valence-electron chi connectivity index (χ1n) is 4.60. The summed E-state index contributed by atoms with van der Waals surface area (Å²) in [5.41, 5.74) is 0.787. The first kappa shape index (κ1) is 8.70. The summed E-state index contributed by atoms with van der Waals surface area (Å²) in [7, 11) is 3.90. The predicted molar refractivity (Wildman–Crippen MR) is 50.4 cm³/mol. The van der Waals surface area contributed by atoms with Crippen molar-refractivity contribution < 1.29 is 4.39 Å². The summed E-state index contributed by atoms with van der Waals surface area (Å²) in [6, 6.07) is 7.15. The molecule has 0 spiro atoms. The quantitative estimate of drug-likeness (QED) is 0.598. The summed E-state index contributed by atoms with van der Waals surface area (Å²) >= 11 is 0. The highest BCUT2D eigenvalue weighted by molar-refractivity contribution is 5.22. The molecule has 1 aromatic carbocycles. The highest BCUT2D eigenvalue weighted by Gasteiger charge is 2.20. The van der Waals surface area contributed by atoms with E-state index >= 15 is 0 Å². The van der Waals surface area contributed by atoms with Crippen LogP contribution in [0, 0.1) is 12.9 Å². The molecule has 2 heteroatoms. The van der Waals surface area contributed by atoms with E-state index in [-0.39, 0.29) is 11.9 Å². The zero-order valence-electron chi connectivity index (χ0n) is 7.54. The van der Waals surface area contributed by atoms with Crippen LogP contribution in [0.4, 0.5) is 4.39 Å². The van der Waals surface area contributed by atoms with Crippen molar-refractivity contribution in [3.05, 3.63) is 42.7 Å². The van der Waals surface area contributed by atoms with Crippen molar-refractivity contribution in [2.24, 2.45) is 0 Å². The van der Waals surface area contributed by atoms with Gasteiger partial charge in [0.2, 0.25) is 0 Å². The van der Waals surface area contributed by atoms with Crippen molar-refractivity contribution in [3.63, 3.8) is 0 Å². The number of benzene rings is 1. The minimum Gasteiger partial charge on any atom is -0.453 e. The second kappa shape index (κ2) is 3.46. The van der Waals surface area contributed by atoms with Gasteiger partial charge in [-0.15, -0.1) is 0 Å². The summed E-state index contributed by atoms with van der Waals surface area (Å²) < 4.78 is 13.4. The molecule has 1 unspecified atom stereocenters. The molecule has 1 heterocycles. The largest absolute Gasteiger partial charge is 0.453 e. The molecule has 1 aliphatic rings. The molecule has 1 aromatic rings. The fourth-order valence-corrected chi connectivity index (χ4v) is 1.92. The van der Waals surface area contributed by atoms with Crippen LogP contribution >= 0.6 is 0 Å². The normalized spacial score (nSPS) is 23.7. The molecule has 0 N–H and O–H groups in total.